The van der Waals surface area contributed by atoms with E-state index in [4.69, 9.17) is 5.73 Å². The maximum absolute atomic E-state index is 15.2. The Morgan fingerprint density at radius 2 is 1.88 bits per heavy atom. The van der Waals surface area contributed by atoms with Crippen molar-refractivity contribution in [3.05, 3.63) is 78.6 Å². The lowest BCUT2D eigenvalue weighted by atomic mass is 9.99. The molecule has 1 amide bonds. The van der Waals surface area contributed by atoms with E-state index >= 15 is 4.39 Å². The van der Waals surface area contributed by atoms with Gasteiger partial charge in [-0.05, 0) is 49.7 Å². The van der Waals surface area contributed by atoms with Gasteiger partial charge in [-0.1, -0.05) is 12.1 Å². The Morgan fingerprint density at radius 3 is 2.59 bits per heavy atom. The quantitative estimate of drug-likeness (QED) is 0.364. The minimum absolute atomic E-state index is 0.232. The van der Waals surface area contributed by atoms with E-state index in [2.05, 4.69) is 25.3 Å². The lowest BCUT2D eigenvalue weighted by Gasteiger charge is -2.18. The van der Waals surface area contributed by atoms with Gasteiger partial charge in [0.25, 0.3) is 5.91 Å². The van der Waals surface area contributed by atoms with Gasteiger partial charge in [0, 0.05) is 51.9 Å². The summed E-state index contributed by atoms with van der Waals surface area (Å²) in [6, 6.07) is 12.5. The first kappa shape index (κ1) is 21.7. The van der Waals surface area contributed by atoms with Crippen LogP contribution in [0.1, 0.15) is 24.2 Å². The first-order chi connectivity index (χ1) is 16.3. The molecule has 0 atom stereocenters. The van der Waals surface area contributed by atoms with Crippen molar-refractivity contribution in [3.8, 4) is 22.4 Å². The second-order valence-electron chi connectivity index (χ2n) is 8.94. The molecule has 0 unspecified atom stereocenters. The molecule has 0 aliphatic carbocycles. The number of pyridine rings is 3. The van der Waals surface area contributed by atoms with Gasteiger partial charge in [0.2, 0.25) is 0 Å². The van der Waals surface area contributed by atoms with Crippen LogP contribution in [0.25, 0.3) is 44.3 Å². The molecule has 5 aromatic rings. The molecule has 34 heavy (non-hydrogen) atoms. The predicted molar refractivity (Wildman–Crippen MR) is 131 cm³/mol. The highest BCUT2D eigenvalue weighted by atomic mass is 19.1. The van der Waals surface area contributed by atoms with Crippen LogP contribution in [-0.4, -0.2) is 37.9 Å². The fraction of sp³-hybridized carbons (Fsp3) is 0.154. The van der Waals surface area contributed by atoms with Gasteiger partial charge >= 0.3 is 0 Å². The zero-order chi connectivity index (χ0) is 23.9. The number of H-pyrrole nitrogens is 1. The van der Waals surface area contributed by atoms with Crippen LogP contribution in [0, 0.1) is 5.82 Å². The summed E-state index contributed by atoms with van der Waals surface area (Å²) in [4.78, 5) is 28.6. The van der Waals surface area contributed by atoms with E-state index < -0.39 is 11.4 Å². The van der Waals surface area contributed by atoms with E-state index in [1.54, 1.807) is 42.9 Å². The predicted octanol–water partition coefficient (Wildman–Crippen LogP) is 4.45. The number of carbonyl (C=O) groups excluding carboxylic acids is 1. The van der Waals surface area contributed by atoms with Crippen LogP contribution in [0.15, 0.2) is 67.3 Å². The molecule has 170 valence electrons. The molecule has 0 aliphatic heterocycles. The van der Waals surface area contributed by atoms with Gasteiger partial charge in [0.15, 0.2) is 0 Å². The lowest BCUT2D eigenvalue weighted by molar-refractivity contribution is 0.0946. The van der Waals surface area contributed by atoms with E-state index in [9.17, 15) is 4.79 Å². The molecule has 0 radical (unpaired) electrons. The zero-order valence-electron chi connectivity index (χ0n) is 18.8. The van der Waals surface area contributed by atoms with Gasteiger partial charge in [0.1, 0.15) is 11.5 Å². The van der Waals surface area contributed by atoms with E-state index in [1.807, 2.05) is 32.0 Å². The van der Waals surface area contributed by atoms with Crippen LogP contribution in [0.5, 0.6) is 0 Å². The Labute approximate surface area is 195 Å². The Bertz CT molecular complexity index is 1500. The summed E-state index contributed by atoms with van der Waals surface area (Å²) >= 11 is 0. The van der Waals surface area contributed by atoms with E-state index in [-0.39, 0.29) is 5.91 Å². The number of benzene rings is 1. The van der Waals surface area contributed by atoms with Gasteiger partial charge < -0.3 is 16.0 Å². The molecular formula is C26H23FN6O. The molecule has 8 heteroatoms. The summed E-state index contributed by atoms with van der Waals surface area (Å²) in [6.07, 6.45) is 6.35. The highest BCUT2D eigenvalue weighted by Crippen LogP contribution is 2.36. The fourth-order valence-corrected chi connectivity index (χ4v) is 3.89. The van der Waals surface area contributed by atoms with Crippen molar-refractivity contribution in [2.24, 2.45) is 5.73 Å². The molecular weight excluding hydrogens is 431 g/mol. The summed E-state index contributed by atoms with van der Waals surface area (Å²) in [5.74, 6) is -0.681. The van der Waals surface area contributed by atoms with Gasteiger partial charge in [0.05, 0.1) is 23.6 Å². The first-order valence-electron chi connectivity index (χ1n) is 10.8. The third kappa shape index (κ3) is 4.11. The SMILES string of the molecule is CC(C)(N)CNC(=O)c1ccc(-c2c(F)cnc3[nH]c4cnc(-c5cccnc5)cc4c23)cc1. The van der Waals surface area contributed by atoms with Crippen molar-refractivity contribution in [2.45, 2.75) is 19.4 Å². The maximum Gasteiger partial charge on any atom is 0.251 e. The number of fused-ring (bicyclic) bond motifs is 3. The van der Waals surface area contributed by atoms with E-state index in [0.29, 0.717) is 34.3 Å². The topological polar surface area (TPSA) is 110 Å². The summed E-state index contributed by atoms with van der Waals surface area (Å²) in [6.45, 7) is 4.02. The van der Waals surface area contributed by atoms with Crippen molar-refractivity contribution in [1.29, 1.82) is 0 Å². The number of rotatable bonds is 5. The molecule has 0 saturated heterocycles. The van der Waals surface area contributed by atoms with Crippen LogP contribution in [0.2, 0.25) is 0 Å². The van der Waals surface area contributed by atoms with E-state index in [0.717, 1.165) is 22.2 Å². The number of nitrogens with two attached hydrogens (primary N) is 1. The largest absolute Gasteiger partial charge is 0.350 e. The second kappa shape index (κ2) is 8.31. The number of carbonyl (C=O) groups is 1. The third-order valence-corrected chi connectivity index (χ3v) is 5.56. The Morgan fingerprint density at radius 1 is 1.09 bits per heavy atom. The summed E-state index contributed by atoms with van der Waals surface area (Å²) in [5.41, 5.74) is 9.85. The number of hydrogen-bond donors (Lipinski definition) is 3. The first-order valence-corrected chi connectivity index (χ1v) is 10.8. The highest BCUT2D eigenvalue weighted by molar-refractivity contribution is 6.13. The van der Waals surface area contributed by atoms with Crippen LogP contribution in [-0.2, 0) is 0 Å². The Balaban J connectivity index is 1.59. The van der Waals surface area contributed by atoms with Gasteiger partial charge in [-0.15, -0.1) is 0 Å². The second-order valence-corrected chi connectivity index (χ2v) is 8.94. The van der Waals surface area contributed by atoms with Crippen molar-refractivity contribution in [2.75, 3.05) is 6.54 Å². The molecule has 0 bridgehead atoms. The number of nitrogens with zero attached hydrogens (tertiary/aromatic N) is 3. The maximum atomic E-state index is 15.2. The number of halogens is 1. The molecule has 0 spiro atoms. The zero-order valence-corrected chi connectivity index (χ0v) is 18.8. The molecule has 5 rings (SSSR count). The molecule has 0 aliphatic rings. The van der Waals surface area contributed by atoms with Crippen LogP contribution in [0.3, 0.4) is 0 Å². The van der Waals surface area contributed by atoms with Crippen molar-refractivity contribution >= 4 is 27.8 Å². The molecule has 4 heterocycles. The average molecular weight is 455 g/mol. The summed E-state index contributed by atoms with van der Waals surface area (Å²) < 4.78 is 15.2. The summed E-state index contributed by atoms with van der Waals surface area (Å²) in [7, 11) is 0. The van der Waals surface area contributed by atoms with Gasteiger partial charge in [-0.25, -0.2) is 9.37 Å². The van der Waals surface area contributed by atoms with Crippen LogP contribution < -0.4 is 11.1 Å². The smallest absolute Gasteiger partial charge is 0.251 e. The van der Waals surface area contributed by atoms with Gasteiger partial charge in [-0.3, -0.25) is 14.8 Å². The van der Waals surface area contributed by atoms with Crippen molar-refractivity contribution in [3.63, 3.8) is 0 Å². The third-order valence-electron chi connectivity index (χ3n) is 5.56. The number of amides is 1. The Hall–Kier alpha value is -4.17. The Kier molecular flexibility index (Phi) is 5.30. The lowest BCUT2D eigenvalue weighted by Crippen LogP contribution is -2.45. The highest BCUT2D eigenvalue weighted by Gasteiger charge is 2.18. The van der Waals surface area contributed by atoms with Crippen molar-refractivity contribution in [1.82, 2.24) is 25.3 Å². The molecule has 1 aromatic carbocycles. The molecule has 4 N–H and O–H groups in total. The van der Waals surface area contributed by atoms with Gasteiger partial charge in [-0.2, -0.15) is 0 Å². The molecule has 0 fully saturated rings. The molecule has 4 aromatic heterocycles. The standard InChI is InChI=1S/C26H23FN6O/c1-26(2,28)14-32-25(34)16-7-5-15(6-8-16)22-19(27)12-31-24-23(22)18-10-20(30-13-21(18)33-24)17-4-3-9-29-11-17/h3-13H,14,28H2,1-2H3,(H,31,33)(H,32,34). The normalized spacial score (nSPS) is 11.8. The van der Waals surface area contributed by atoms with Crippen LogP contribution >= 0.6 is 0 Å². The average Bonchev–Trinajstić information content (AvgIpc) is 3.20. The molecule has 0 saturated carbocycles. The minimum atomic E-state index is -0.514. The number of nitrogens with one attached hydrogen (secondary N) is 2. The van der Waals surface area contributed by atoms with Crippen LogP contribution in [0.4, 0.5) is 4.39 Å². The van der Waals surface area contributed by atoms with Crippen molar-refractivity contribution < 1.29 is 9.18 Å². The number of hydrogen-bond acceptors (Lipinski definition) is 5. The summed E-state index contributed by atoms with van der Waals surface area (Å²) in [5, 5.41) is 4.28. The number of aromatic nitrogens is 4. The number of aromatic amines is 1. The molecule has 7 nitrogen and oxygen atoms in total. The minimum Gasteiger partial charge on any atom is -0.350 e. The van der Waals surface area contributed by atoms with E-state index in [1.165, 1.54) is 6.20 Å². The monoisotopic (exact) mass is 454 g/mol. The fourth-order valence-electron chi connectivity index (χ4n) is 3.89.